The van der Waals surface area contributed by atoms with E-state index in [0.717, 1.165) is 21.9 Å². The summed E-state index contributed by atoms with van der Waals surface area (Å²) in [5.41, 5.74) is 2.89. The van der Waals surface area contributed by atoms with Gasteiger partial charge in [-0.2, -0.15) is 0 Å². The first-order valence-corrected chi connectivity index (χ1v) is 7.93. The Kier molecular flexibility index (Phi) is 3.46. The van der Waals surface area contributed by atoms with Crippen LogP contribution in [0.2, 0.25) is 0 Å². The Morgan fingerprint density at radius 3 is 2.48 bits per heavy atom. The van der Waals surface area contributed by atoms with Crippen molar-refractivity contribution in [3.63, 3.8) is 0 Å². The highest BCUT2D eigenvalue weighted by Crippen LogP contribution is 2.45. The van der Waals surface area contributed by atoms with Crippen LogP contribution in [0.4, 0.5) is 0 Å². The van der Waals surface area contributed by atoms with Gasteiger partial charge in [0.15, 0.2) is 17.1 Å². The maximum absolute atomic E-state index is 12.0. The Hall–Kier alpha value is -3.27. The lowest BCUT2D eigenvalue weighted by Gasteiger charge is -2.09. The van der Waals surface area contributed by atoms with E-state index < -0.39 is 0 Å². The SMILES string of the molecule is COc1cccc2oc3c(O)c(C(C)=O)cc(-c4ccccc4)c3c12. The highest BCUT2D eigenvalue weighted by Gasteiger charge is 2.23. The zero-order valence-corrected chi connectivity index (χ0v) is 13.9. The van der Waals surface area contributed by atoms with Crippen LogP contribution >= 0.6 is 0 Å². The number of hydrogen-bond donors (Lipinski definition) is 1. The molecule has 0 spiro atoms. The third-order valence-electron chi connectivity index (χ3n) is 4.39. The van der Waals surface area contributed by atoms with E-state index in [1.165, 1.54) is 6.92 Å². The van der Waals surface area contributed by atoms with Crippen molar-refractivity contribution in [2.24, 2.45) is 0 Å². The second kappa shape index (κ2) is 5.67. The second-order valence-electron chi connectivity index (χ2n) is 5.88. The predicted molar refractivity (Wildman–Crippen MR) is 97.4 cm³/mol. The number of aromatic hydroxyl groups is 1. The van der Waals surface area contributed by atoms with Crippen molar-refractivity contribution >= 4 is 27.7 Å². The van der Waals surface area contributed by atoms with Gasteiger partial charge in [-0.15, -0.1) is 0 Å². The number of phenolic OH excluding ortho intramolecular Hbond substituents is 1. The fourth-order valence-corrected chi connectivity index (χ4v) is 3.23. The van der Waals surface area contributed by atoms with Crippen LogP contribution in [0.1, 0.15) is 17.3 Å². The number of carbonyl (C=O) groups is 1. The number of ether oxygens (including phenoxy) is 1. The molecular weight excluding hydrogens is 316 g/mol. The van der Waals surface area contributed by atoms with E-state index >= 15 is 0 Å². The quantitative estimate of drug-likeness (QED) is 0.526. The lowest BCUT2D eigenvalue weighted by Crippen LogP contribution is -1.95. The summed E-state index contributed by atoms with van der Waals surface area (Å²) in [4.78, 5) is 12.0. The van der Waals surface area contributed by atoms with Crippen molar-refractivity contribution in [1.82, 2.24) is 0 Å². The van der Waals surface area contributed by atoms with Crippen molar-refractivity contribution in [2.75, 3.05) is 7.11 Å². The van der Waals surface area contributed by atoms with Gasteiger partial charge in [-0.25, -0.2) is 0 Å². The number of rotatable bonds is 3. The molecule has 0 unspecified atom stereocenters. The van der Waals surface area contributed by atoms with Crippen molar-refractivity contribution < 1.29 is 19.1 Å². The molecule has 0 fully saturated rings. The third kappa shape index (κ3) is 2.26. The van der Waals surface area contributed by atoms with Crippen molar-refractivity contribution in [3.8, 4) is 22.6 Å². The molecule has 4 heteroatoms. The third-order valence-corrected chi connectivity index (χ3v) is 4.39. The molecule has 0 saturated carbocycles. The summed E-state index contributed by atoms with van der Waals surface area (Å²) >= 11 is 0. The second-order valence-corrected chi connectivity index (χ2v) is 5.88. The Bertz CT molecular complexity index is 1110. The molecule has 4 aromatic rings. The molecule has 0 amide bonds. The molecule has 124 valence electrons. The minimum atomic E-state index is -0.219. The Balaban J connectivity index is 2.25. The lowest BCUT2D eigenvalue weighted by atomic mass is 9.95. The minimum Gasteiger partial charge on any atom is -0.504 e. The molecule has 25 heavy (non-hydrogen) atoms. The largest absolute Gasteiger partial charge is 0.504 e. The van der Waals surface area contributed by atoms with Gasteiger partial charge in [0.25, 0.3) is 0 Å². The molecule has 0 aliphatic carbocycles. The maximum Gasteiger partial charge on any atom is 0.178 e. The summed E-state index contributed by atoms with van der Waals surface area (Å²) in [6.45, 7) is 1.43. The number of benzene rings is 3. The average Bonchev–Trinajstić information content (AvgIpc) is 3.03. The molecule has 3 aromatic carbocycles. The Labute approximate surface area is 144 Å². The molecule has 4 nitrogen and oxygen atoms in total. The van der Waals surface area contributed by atoms with E-state index in [1.54, 1.807) is 13.2 Å². The van der Waals surface area contributed by atoms with Crippen molar-refractivity contribution in [2.45, 2.75) is 6.92 Å². The first-order chi connectivity index (χ1) is 12.1. The summed E-state index contributed by atoms with van der Waals surface area (Å²) in [5.74, 6) is 0.299. The van der Waals surface area contributed by atoms with Crippen LogP contribution in [0.3, 0.4) is 0 Å². The van der Waals surface area contributed by atoms with Gasteiger partial charge in [-0.1, -0.05) is 36.4 Å². The summed E-state index contributed by atoms with van der Waals surface area (Å²) in [6, 6.07) is 16.9. The first kappa shape index (κ1) is 15.3. The van der Waals surface area contributed by atoms with E-state index in [9.17, 15) is 9.90 Å². The zero-order chi connectivity index (χ0) is 17.6. The number of Topliss-reactive ketones (excluding diaryl/α,β-unsaturated/α-hetero) is 1. The highest BCUT2D eigenvalue weighted by molar-refractivity contribution is 6.19. The van der Waals surface area contributed by atoms with E-state index in [1.807, 2.05) is 48.5 Å². The van der Waals surface area contributed by atoms with E-state index in [4.69, 9.17) is 9.15 Å². The highest BCUT2D eigenvalue weighted by atomic mass is 16.5. The topological polar surface area (TPSA) is 59.7 Å². The van der Waals surface area contributed by atoms with Crippen LogP contribution in [-0.2, 0) is 0 Å². The smallest absolute Gasteiger partial charge is 0.178 e. The summed E-state index contributed by atoms with van der Waals surface area (Å²) in [5, 5.41) is 12.1. The van der Waals surface area contributed by atoms with Gasteiger partial charge in [0.1, 0.15) is 11.3 Å². The molecule has 0 saturated heterocycles. The molecular formula is C21H16O4. The Morgan fingerprint density at radius 1 is 1.04 bits per heavy atom. The van der Waals surface area contributed by atoms with Gasteiger partial charge < -0.3 is 14.3 Å². The van der Waals surface area contributed by atoms with E-state index in [2.05, 4.69) is 0 Å². The molecule has 0 radical (unpaired) electrons. The Morgan fingerprint density at radius 2 is 1.80 bits per heavy atom. The predicted octanol–water partition coefficient (Wildman–Crippen LogP) is 5.17. The number of methoxy groups -OCH3 is 1. The average molecular weight is 332 g/mol. The maximum atomic E-state index is 12.0. The fourth-order valence-electron chi connectivity index (χ4n) is 3.23. The number of ketones is 1. The first-order valence-electron chi connectivity index (χ1n) is 7.93. The van der Waals surface area contributed by atoms with E-state index in [-0.39, 0.29) is 17.1 Å². The molecule has 4 rings (SSSR count). The van der Waals surface area contributed by atoms with Crippen molar-refractivity contribution in [3.05, 3.63) is 60.2 Å². The fraction of sp³-hybridized carbons (Fsp3) is 0.0952. The van der Waals surface area contributed by atoms with Gasteiger partial charge in [0.05, 0.1) is 18.1 Å². The number of hydrogen-bond acceptors (Lipinski definition) is 4. The zero-order valence-electron chi connectivity index (χ0n) is 13.9. The van der Waals surface area contributed by atoms with E-state index in [0.29, 0.717) is 16.9 Å². The summed E-state index contributed by atoms with van der Waals surface area (Å²) in [7, 11) is 1.60. The summed E-state index contributed by atoms with van der Waals surface area (Å²) in [6.07, 6.45) is 0. The monoisotopic (exact) mass is 332 g/mol. The normalized spacial score (nSPS) is 11.1. The molecule has 0 aliphatic rings. The van der Waals surface area contributed by atoms with Gasteiger partial charge in [-0.05, 0) is 36.2 Å². The minimum absolute atomic E-state index is 0.138. The number of fused-ring (bicyclic) bond motifs is 3. The van der Waals surface area contributed by atoms with Crippen molar-refractivity contribution in [1.29, 1.82) is 0 Å². The molecule has 0 bridgehead atoms. The number of phenols is 1. The number of furan rings is 1. The lowest BCUT2D eigenvalue weighted by molar-refractivity contribution is 0.101. The molecule has 0 aliphatic heterocycles. The molecule has 1 N–H and O–H groups in total. The molecule has 1 heterocycles. The van der Waals surface area contributed by atoms with Crippen LogP contribution in [0.15, 0.2) is 59.0 Å². The van der Waals surface area contributed by atoms with Gasteiger partial charge in [-0.3, -0.25) is 4.79 Å². The van der Waals surface area contributed by atoms with Crippen LogP contribution in [0, 0.1) is 0 Å². The molecule has 1 aromatic heterocycles. The van der Waals surface area contributed by atoms with Crippen LogP contribution < -0.4 is 4.74 Å². The standard InChI is InChI=1S/C21H16O4/c1-12(22)14-11-15(13-7-4-3-5-8-13)18-19-16(24-2)9-6-10-17(19)25-21(18)20(14)23/h3-11,23H,1-2H3. The number of carbonyl (C=O) groups excluding carboxylic acids is 1. The van der Waals surface area contributed by atoms with Crippen LogP contribution in [-0.4, -0.2) is 18.0 Å². The summed E-state index contributed by atoms with van der Waals surface area (Å²) < 4.78 is 11.4. The van der Waals surface area contributed by atoms with Crippen LogP contribution in [0.25, 0.3) is 33.1 Å². The van der Waals surface area contributed by atoms with Gasteiger partial charge >= 0.3 is 0 Å². The molecule has 0 atom stereocenters. The van der Waals surface area contributed by atoms with Gasteiger partial charge in [0.2, 0.25) is 0 Å². The van der Waals surface area contributed by atoms with Gasteiger partial charge in [0, 0.05) is 5.39 Å². The van der Waals surface area contributed by atoms with Crippen LogP contribution in [0.5, 0.6) is 11.5 Å².